The van der Waals surface area contributed by atoms with E-state index in [-0.39, 0.29) is 0 Å². The van der Waals surface area contributed by atoms with E-state index in [2.05, 4.69) is 34.8 Å². The SMILES string of the molecule is Cc1ccccc1-n1c(C)nn(C[NH+]2CCCC2)c1=S. The zero-order chi connectivity index (χ0) is 14.1. The van der Waals surface area contributed by atoms with Crippen LogP contribution in [0.25, 0.3) is 5.69 Å². The van der Waals surface area contributed by atoms with Crippen LogP contribution >= 0.6 is 12.2 Å². The number of rotatable bonds is 3. The Hall–Kier alpha value is -1.46. The molecule has 1 aliphatic heterocycles. The number of hydrogen-bond acceptors (Lipinski definition) is 2. The first-order chi connectivity index (χ1) is 9.66. The van der Waals surface area contributed by atoms with E-state index in [1.807, 2.05) is 17.7 Å². The fraction of sp³-hybridized carbons (Fsp3) is 0.467. The summed E-state index contributed by atoms with van der Waals surface area (Å²) in [6.45, 7) is 7.49. The molecule has 1 fully saturated rings. The van der Waals surface area contributed by atoms with Crippen molar-refractivity contribution in [3.05, 3.63) is 40.4 Å². The number of aryl methyl sites for hydroxylation is 2. The predicted octanol–water partition coefficient (Wildman–Crippen LogP) is 1.66. The molecule has 1 aromatic heterocycles. The van der Waals surface area contributed by atoms with Gasteiger partial charge >= 0.3 is 0 Å². The van der Waals surface area contributed by atoms with Crippen LogP contribution in [0.1, 0.15) is 24.2 Å². The second kappa shape index (κ2) is 5.50. The molecule has 20 heavy (non-hydrogen) atoms. The zero-order valence-corrected chi connectivity index (χ0v) is 12.9. The van der Waals surface area contributed by atoms with Crippen LogP contribution in [0, 0.1) is 18.6 Å². The molecular weight excluding hydrogens is 268 g/mol. The summed E-state index contributed by atoms with van der Waals surface area (Å²) in [5.74, 6) is 0.961. The molecule has 2 aromatic rings. The van der Waals surface area contributed by atoms with Crippen molar-refractivity contribution in [3.63, 3.8) is 0 Å². The van der Waals surface area contributed by atoms with E-state index in [1.54, 1.807) is 4.90 Å². The second-order valence-corrected chi connectivity index (χ2v) is 5.93. The monoisotopic (exact) mass is 289 g/mol. The zero-order valence-electron chi connectivity index (χ0n) is 12.1. The van der Waals surface area contributed by atoms with Crippen molar-refractivity contribution in [2.75, 3.05) is 13.1 Å². The van der Waals surface area contributed by atoms with Gasteiger partial charge in [0.05, 0.1) is 18.8 Å². The number of nitrogens with one attached hydrogen (secondary N) is 1. The van der Waals surface area contributed by atoms with Crippen LogP contribution in [0.3, 0.4) is 0 Å². The lowest BCUT2D eigenvalue weighted by Crippen LogP contribution is -3.09. The van der Waals surface area contributed by atoms with E-state index >= 15 is 0 Å². The lowest BCUT2D eigenvalue weighted by Gasteiger charge is -2.11. The highest BCUT2D eigenvalue weighted by Crippen LogP contribution is 2.16. The molecule has 1 aromatic carbocycles. The van der Waals surface area contributed by atoms with Gasteiger partial charge in [-0.05, 0) is 37.7 Å². The first-order valence-electron chi connectivity index (χ1n) is 7.23. The summed E-state index contributed by atoms with van der Waals surface area (Å²) in [6.07, 6.45) is 2.64. The molecule has 5 heteroatoms. The van der Waals surface area contributed by atoms with Gasteiger partial charge in [-0.3, -0.25) is 4.57 Å². The van der Waals surface area contributed by atoms with E-state index in [0.29, 0.717) is 0 Å². The molecule has 106 valence electrons. The van der Waals surface area contributed by atoms with Gasteiger partial charge in [-0.25, -0.2) is 0 Å². The summed E-state index contributed by atoms with van der Waals surface area (Å²) in [4.78, 5) is 1.58. The molecule has 0 unspecified atom stereocenters. The average molecular weight is 289 g/mol. The van der Waals surface area contributed by atoms with Crippen LogP contribution < -0.4 is 4.90 Å². The minimum absolute atomic E-state index is 0.802. The van der Waals surface area contributed by atoms with Crippen molar-refractivity contribution in [1.29, 1.82) is 0 Å². The van der Waals surface area contributed by atoms with E-state index < -0.39 is 0 Å². The molecule has 3 rings (SSSR count). The molecular formula is C15H21N4S+. The highest BCUT2D eigenvalue weighted by Gasteiger charge is 2.18. The van der Waals surface area contributed by atoms with Crippen molar-refractivity contribution < 1.29 is 4.90 Å². The molecule has 1 saturated heterocycles. The highest BCUT2D eigenvalue weighted by molar-refractivity contribution is 7.71. The number of benzene rings is 1. The molecule has 0 amide bonds. The Morgan fingerprint density at radius 1 is 1.20 bits per heavy atom. The summed E-state index contributed by atoms with van der Waals surface area (Å²) < 4.78 is 4.87. The van der Waals surface area contributed by atoms with Gasteiger partial charge in [0.25, 0.3) is 0 Å². The Kier molecular flexibility index (Phi) is 3.72. The van der Waals surface area contributed by atoms with Gasteiger partial charge in [0.1, 0.15) is 5.82 Å². The maximum absolute atomic E-state index is 5.64. The van der Waals surface area contributed by atoms with Gasteiger partial charge in [-0.15, -0.1) is 0 Å². The maximum atomic E-state index is 5.64. The van der Waals surface area contributed by atoms with Gasteiger partial charge in [0, 0.05) is 12.8 Å². The Morgan fingerprint density at radius 2 is 1.90 bits per heavy atom. The van der Waals surface area contributed by atoms with Crippen LogP contribution in [0.4, 0.5) is 0 Å². The highest BCUT2D eigenvalue weighted by atomic mass is 32.1. The van der Waals surface area contributed by atoms with E-state index in [9.17, 15) is 0 Å². The largest absolute Gasteiger partial charge is 0.316 e. The van der Waals surface area contributed by atoms with Crippen molar-refractivity contribution in [3.8, 4) is 5.69 Å². The average Bonchev–Trinajstić information content (AvgIpc) is 3.01. The third-order valence-corrected chi connectivity index (χ3v) is 4.43. The smallest absolute Gasteiger partial charge is 0.207 e. The molecule has 0 radical (unpaired) electrons. The lowest BCUT2D eigenvalue weighted by atomic mass is 10.2. The molecule has 4 nitrogen and oxygen atoms in total. The Bertz CT molecular complexity index is 665. The molecule has 2 heterocycles. The fourth-order valence-corrected chi connectivity index (χ4v) is 3.29. The summed E-state index contributed by atoms with van der Waals surface area (Å²) >= 11 is 5.64. The van der Waals surface area contributed by atoms with Crippen molar-refractivity contribution in [1.82, 2.24) is 14.3 Å². The summed E-state index contributed by atoms with van der Waals surface area (Å²) in [6, 6.07) is 8.32. The van der Waals surface area contributed by atoms with Crippen LogP contribution in [-0.4, -0.2) is 27.4 Å². The lowest BCUT2D eigenvalue weighted by molar-refractivity contribution is -0.911. The third-order valence-electron chi connectivity index (χ3n) is 4.04. The first kappa shape index (κ1) is 13.5. The van der Waals surface area contributed by atoms with E-state index in [1.165, 1.54) is 31.5 Å². The van der Waals surface area contributed by atoms with Crippen LogP contribution in [0.5, 0.6) is 0 Å². The van der Waals surface area contributed by atoms with Gasteiger partial charge in [0.2, 0.25) is 4.77 Å². The molecule has 1 N–H and O–H groups in total. The fourth-order valence-electron chi connectivity index (χ4n) is 2.96. The summed E-state index contributed by atoms with van der Waals surface area (Å²) in [5.41, 5.74) is 2.36. The van der Waals surface area contributed by atoms with Gasteiger partial charge in [-0.1, -0.05) is 18.2 Å². The summed E-state index contributed by atoms with van der Waals surface area (Å²) in [7, 11) is 0. The van der Waals surface area contributed by atoms with E-state index in [0.717, 1.165) is 23.0 Å². The number of hydrogen-bond donors (Lipinski definition) is 1. The Morgan fingerprint density at radius 3 is 2.60 bits per heavy atom. The van der Waals surface area contributed by atoms with Gasteiger partial charge < -0.3 is 4.90 Å². The number of quaternary nitrogens is 1. The Balaban J connectivity index is 1.98. The number of nitrogens with zero attached hydrogens (tertiary/aromatic N) is 3. The minimum atomic E-state index is 0.802. The number of likely N-dealkylation sites (tertiary alicyclic amines) is 1. The van der Waals surface area contributed by atoms with Crippen molar-refractivity contribution in [2.24, 2.45) is 0 Å². The maximum Gasteiger partial charge on any atom is 0.207 e. The molecule has 0 bridgehead atoms. The number of aromatic nitrogens is 3. The van der Waals surface area contributed by atoms with Crippen LogP contribution in [0.2, 0.25) is 0 Å². The molecule has 1 aliphatic rings. The topological polar surface area (TPSA) is 27.2 Å². The summed E-state index contributed by atoms with van der Waals surface area (Å²) in [5, 5.41) is 4.65. The second-order valence-electron chi connectivity index (χ2n) is 5.57. The quantitative estimate of drug-likeness (QED) is 0.870. The van der Waals surface area contributed by atoms with Crippen molar-refractivity contribution in [2.45, 2.75) is 33.4 Å². The predicted molar refractivity (Wildman–Crippen MR) is 81.8 cm³/mol. The van der Waals surface area contributed by atoms with Crippen molar-refractivity contribution >= 4 is 12.2 Å². The van der Waals surface area contributed by atoms with E-state index in [4.69, 9.17) is 12.2 Å². The normalized spacial score (nSPS) is 15.9. The number of para-hydroxylation sites is 1. The standard InChI is InChI=1S/C15H20N4S/c1-12-7-3-4-8-14(12)19-13(2)16-18(15(19)20)11-17-9-5-6-10-17/h3-4,7-8H,5-6,9-11H2,1-2H3/p+1. The third kappa shape index (κ3) is 2.43. The minimum Gasteiger partial charge on any atom is -0.316 e. The molecule has 0 aliphatic carbocycles. The first-order valence-corrected chi connectivity index (χ1v) is 7.63. The Labute approximate surface area is 124 Å². The molecule has 0 saturated carbocycles. The molecule has 0 spiro atoms. The van der Waals surface area contributed by atoms with Gasteiger partial charge in [-0.2, -0.15) is 9.78 Å². The van der Waals surface area contributed by atoms with Crippen LogP contribution in [-0.2, 0) is 6.67 Å². The van der Waals surface area contributed by atoms with Crippen LogP contribution in [0.15, 0.2) is 24.3 Å². The molecule has 0 atom stereocenters. The van der Waals surface area contributed by atoms with Gasteiger partial charge in [0.15, 0.2) is 6.67 Å².